The minimum atomic E-state index is -1.37. The van der Waals surface area contributed by atoms with Crippen molar-refractivity contribution < 1.29 is 24.5 Å². The topological polar surface area (TPSA) is 133 Å². The van der Waals surface area contributed by atoms with Gasteiger partial charge in [0.25, 0.3) is 5.56 Å². The molecule has 1 aromatic rings. The Morgan fingerprint density at radius 3 is 2.53 bits per heavy atom. The van der Waals surface area contributed by atoms with E-state index in [1.807, 2.05) is 4.98 Å². The van der Waals surface area contributed by atoms with E-state index in [2.05, 4.69) is 4.42 Å². The number of aromatic nitrogens is 1. The van der Waals surface area contributed by atoms with Crippen molar-refractivity contribution in [3.05, 3.63) is 32.7 Å². The van der Waals surface area contributed by atoms with Crippen molar-refractivity contribution in [2.75, 3.05) is 6.61 Å². The van der Waals surface area contributed by atoms with Crippen LogP contribution in [0.2, 0.25) is 0 Å². The molecular formula is C9H11NO7. The molecule has 0 amide bonds. The van der Waals surface area contributed by atoms with E-state index in [9.17, 15) is 19.8 Å². The van der Waals surface area contributed by atoms with E-state index in [4.69, 9.17) is 9.84 Å². The quantitative estimate of drug-likeness (QED) is 0.452. The predicted molar refractivity (Wildman–Crippen MR) is 52.3 cm³/mol. The SMILES string of the molecule is O=c1[nH]c(=O)c([C@H]2O[C@H](CO)[C@@H](O)[C@H]2O)co1. The fourth-order valence-electron chi connectivity index (χ4n) is 1.72. The molecule has 0 spiro atoms. The first-order valence-electron chi connectivity index (χ1n) is 4.89. The number of rotatable bonds is 2. The van der Waals surface area contributed by atoms with Gasteiger partial charge >= 0.3 is 5.76 Å². The van der Waals surface area contributed by atoms with E-state index in [0.29, 0.717) is 0 Å². The Labute approximate surface area is 94.1 Å². The van der Waals surface area contributed by atoms with Gasteiger partial charge in [-0.3, -0.25) is 9.78 Å². The van der Waals surface area contributed by atoms with E-state index >= 15 is 0 Å². The molecule has 4 N–H and O–H groups in total. The first-order chi connectivity index (χ1) is 8.04. The minimum Gasteiger partial charge on any atom is -0.417 e. The molecule has 0 unspecified atom stereocenters. The summed E-state index contributed by atoms with van der Waals surface area (Å²) in [6.45, 7) is -0.497. The smallest absolute Gasteiger partial charge is 0.417 e. The van der Waals surface area contributed by atoms with Crippen molar-refractivity contribution in [3.63, 3.8) is 0 Å². The van der Waals surface area contributed by atoms with Crippen molar-refractivity contribution in [1.82, 2.24) is 4.98 Å². The monoisotopic (exact) mass is 245 g/mol. The van der Waals surface area contributed by atoms with Crippen LogP contribution in [0.3, 0.4) is 0 Å². The van der Waals surface area contributed by atoms with E-state index in [1.165, 1.54) is 0 Å². The fourth-order valence-corrected chi connectivity index (χ4v) is 1.72. The maximum atomic E-state index is 11.4. The van der Waals surface area contributed by atoms with E-state index < -0.39 is 42.3 Å². The molecule has 0 aliphatic carbocycles. The predicted octanol–water partition coefficient (Wildman–Crippen LogP) is -2.52. The number of nitrogens with one attached hydrogen (secondary N) is 1. The molecule has 1 aliphatic rings. The number of ether oxygens (including phenoxy) is 1. The zero-order valence-corrected chi connectivity index (χ0v) is 8.57. The highest BCUT2D eigenvalue weighted by Gasteiger charge is 2.44. The van der Waals surface area contributed by atoms with Crippen LogP contribution in [-0.4, -0.2) is 45.2 Å². The van der Waals surface area contributed by atoms with Crippen LogP contribution in [0.15, 0.2) is 20.3 Å². The van der Waals surface area contributed by atoms with Crippen LogP contribution >= 0.6 is 0 Å². The van der Waals surface area contributed by atoms with Crippen molar-refractivity contribution in [2.24, 2.45) is 0 Å². The Kier molecular flexibility index (Phi) is 3.11. The molecule has 2 heterocycles. The van der Waals surface area contributed by atoms with Gasteiger partial charge in [-0.2, -0.15) is 0 Å². The summed E-state index contributed by atoms with van der Waals surface area (Å²) in [6, 6.07) is 0. The highest BCUT2D eigenvalue weighted by Crippen LogP contribution is 2.31. The van der Waals surface area contributed by atoms with Crippen molar-refractivity contribution >= 4 is 0 Å². The van der Waals surface area contributed by atoms with Crippen LogP contribution in [0.25, 0.3) is 0 Å². The van der Waals surface area contributed by atoms with Gasteiger partial charge in [0.2, 0.25) is 0 Å². The average Bonchev–Trinajstić information content (AvgIpc) is 2.57. The van der Waals surface area contributed by atoms with E-state index in [-0.39, 0.29) is 5.56 Å². The lowest BCUT2D eigenvalue weighted by atomic mass is 10.0. The van der Waals surface area contributed by atoms with Gasteiger partial charge in [-0.15, -0.1) is 0 Å². The number of aliphatic hydroxyl groups is 3. The molecule has 2 rings (SSSR count). The maximum Gasteiger partial charge on any atom is 0.419 e. The molecule has 0 radical (unpaired) electrons. The summed E-state index contributed by atoms with van der Waals surface area (Å²) >= 11 is 0. The zero-order valence-electron chi connectivity index (χ0n) is 8.57. The number of hydrogen-bond donors (Lipinski definition) is 4. The van der Waals surface area contributed by atoms with Gasteiger partial charge in [0.05, 0.1) is 12.2 Å². The Morgan fingerprint density at radius 1 is 1.29 bits per heavy atom. The van der Waals surface area contributed by atoms with Crippen molar-refractivity contribution in [3.8, 4) is 0 Å². The van der Waals surface area contributed by atoms with Gasteiger partial charge in [0.1, 0.15) is 30.7 Å². The third-order valence-electron chi connectivity index (χ3n) is 2.62. The Bertz CT molecular complexity index is 507. The van der Waals surface area contributed by atoms with Crippen LogP contribution in [-0.2, 0) is 4.74 Å². The zero-order chi connectivity index (χ0) is 12.6. The molecule has 94 valence electrons. The van der Waals surface area contributed by atoms with E-state index in [0.717, 1.165) is 6.26 Å². The Balaban J connectivity index is 2.35. The lowest BCUT2D eigenvalue weighted by Gasteiger charge is -2.12. The summed E-state index contributed by atoms with van der Waals surface area (Å²) < 4.78 is 9.57. The molecule has 0 aromatic carbocycles. The lowest BCUT2D eigenvalue weighted by Crippen LogP contribution is -2.33. The number of H-pyrrole nitrogens is 1. The third kappa shape index (κ3) is 2.03. The molecule has 8 heteroatoms. The second-order valence-corrected chi connectivity index (χ2v) is 3.69. The summed E-state index contributed by atoms with van der Waals surface area (Å²) in [4.78, 5) is 24.0. The third-order valence-corrected chi connectivity index (χ3v) is 2.62. The van der Waals surface area contributed by atoms with Crippen molar-refractivity contribution in [1.29, 1.82) is 0 Å². The Morgan fingerprint density at radius 2 is 2.00 bits per heavy atom. The largest absolute Gasteiger partial charge is 0.419 e. The van der Waals surface area contributed by atoms with Gasteiger partial charge in [-0.25, -0.2) is 4.79 Å². The summed E-state index contributed by atoms with van der Waals surface area (Å²) in [5.74, 6) is -0.925. The summed E-state index contributed by atoms with van der Waals surface area (Å²) in [6.07, 6.45) is -3.95. The van der Waals surface area contributed by atoms with Gasteiger partial charge in [-0.05, 0) is 0 Å². The summed E-state index contributed by atoms with van der Waals surface area (Å²) in [5, 5.41) is 28.0. The molecule has 4 atom stereocenters. The number of hydrogen-bond acceptors (Lipinski definition) is 7. The van der Waals surface area contributed by atoms with Crippen LogP contribution in [0.1, 0.15) is 11.7 Å². The van der Waals surface area contributed by atoms with Gasteiger partial charge in [0.15, 0.2) is 0 Å². The van der Waals surface area contributed by atoms with Gasteiger partial charge in [-0.1, -0.05) is 0 Å². The van der Waals surface area contributed by atoms with Crippen LogP contribution in [0.5, 0.6) is 0 Å². The second kappa shape index (κ2) is 4.41. The van der Waals surface area contributed by atoms with E-state index in [1.54, 1.807) is 0 Å². The molecule has 1 aromatic heterocycles. The first-order valence-corrected chi connectivity index (χ1v) is 4.89. The molecule has 1 aliphatic heterocycles. The fraction of sp³-hybridized carbons (Fsp3) is 0.556. The summed E-state index contributed by atoms with van der Waals surface area (Å²) in [5.41, 5.74) is -0.886. The number of aliphatic hydroxyl groups excluding tert-OH is 3. The molecule has 8 nitrogen and oxygen atoms in total. The highest BCUT2D eigenvalue weighted by molar-refractivity contribution is 5.12. The molecule has 1 saturated heterocycles. The van der Waals surface area contributed by atoms with Crippen LogP contribution in [0, 0.1) is 0 Å². The second-order valence-electron chi connectivity index (χ2n) is 3.69. The Hall–Kier alpha value is -1.48. The molecule has 17 heavy (non-hydrogen) atoms. The summed E-state index contributed by atoms with van der Waals surface area (Å²) in [7, 11) is 0. The standard InChI is InChI=1S/C9H11NO7/c11-1-4-5(12)6(13)7(17-4)3-2-16-9(15)10-8(3)14/h2,4-7,11-13H,1H2,(H,10,14,15)/t4-,5-,6-,7-/m1/s1. The van der Waals surface area contributed by atoms with Crippen LogP contribution < -0.4 is 11.3 Å². The lowest BCUT2D eigenvalue weighted by molar-refractivity contribution is -0.0237. The van der Waals surface area contributed by atoms with Gasteiger partial charge < -0.3 is 24.5 Å². The number of aromatic amines is 1. The normalized spacial score (nSPS) is 32.9. The van der Waals surface area contributed by atoms with Gasteiger partial charge in [0, 0.05) is 0 Å². The van der Waals surface area contributed by atoms with Crippen LogP contribution in [0.4, 0.5) is 0 Å². The first kappa shape index (κ1) is 12.0. The maximum absolute atomic E-state index is 11.4. The average molecular weight is 245 g/mol. The molecule has 1 fully saturated rings. The molecule has 0 bridgehead atoms. The molecule has 0 saturated carbocycles. The van der Waals surface area contributed by atoms with Crippen molar-refractivity contribution in [2.45, 2.75) is 24.4 Å². The highest BCUT2D eigenvalue weighted by atomic mass is 16.6. The minimum absolute atomic E-state index is 0.118. The molecular weight excluding hydrogens is 234 g/mol.